The molecule has 0 fully saturated rings. The fourth-order valence-electron chi connectivity index (χ4n) is 0. The van der Waals surface area contributed by atoms with Gasteiger partial charge in [-0.15, -0.1) is 0 Å². The molecule has 122 valence electrons. The van der Waals surface area contributed by atoms with Gasteiger partial charge in [0.25, 0.3) is 0 Å². The summed E-state index contributed by atoms with van der Waals surface area (Å²) in [4.78, 5) is 0. The van der Waals surface area contributed by atoms with E-state index in [4.69, 9.17) is 0 Å². The van der Waals surface area contributed by atoms with Crippen LogP contribution in [0.3, 0.4) is 0 Å². The molecule has 0 saturated carbocycles. The molecule has 0 amide bonds. The van der Waals surface area contributed by atoms with Crippen LogP contribution in [0.5, 0.6) is 0 Å². The molecule has 0 rings (SSSR count). The summed E-state index contributed by atoms with van der Waals surface area (Å²) in [6.45, 7) is 0. The van der Waals surface area contributed by atoms with Crippen LogP contribution in [-0.2, 0) is 168 Å². The van der Waals surface area contributed by atoms with Gasteiger partial charge in [-0.2, -0.15) is 0 Å². The van der Waals surface area contributed by atoms with Crippen LogP contribution >= 0.6 is 0 Å². The molecule has 0 saturated heterocycles. The van der Waals surface area contributed by atoms with Crippen molar-refractivity contribution in [1.82, 2.24) is 0 Å². The van der Waals surface area contributed by atoms with E-state index in [2.05, 4.69) is 0 Å². The zero-order valence-electron chi connectivity index (χ0n) is 5.33. The average molecular weight is 661 g/mol. The van der Waals surface area contributed by atoms with Crippen molar-refractivity contribution >= 4 is 0 Å². The Labute approximate surface area is 186 Å². The van der Waals surface area contributed by atoms with Crippen molar-refractivity contribution in [3.63, 3.8) is 0 Å². The van der Waals surface area contributed by atoms with Crippen LogP contribution in [0.15, 0.2) is 0 Å². The molecular formula is H8Co10O4. The Bertz CT molecular complexity index is 12.1. The fraction of sp³-hybridized carbons (Fsp3) is 0. The van der Waals surface area contributed by atoms with E-state index in [0.717, 1.165) is 0 Å². The van der Waals surface area contributed by atoms with Gasteiger partial charge in [-0.3, -0.25) is 0 Å². The predicted molar refractivity (Wildman–Crippen MR) is 14.5 cm³/mol. The summed E-state index contributed by atoms with van der Waals surface area (Å²) in [6.07, 6.45) is 0. The summed E-state index contributed by atoms with van der Waals surface area (Å²) >= 11 is 0. The maximum absolute atomic E-state index is 0. The molecule has 8 N–H and O–H groups in total. The van der Waals surface area contributed by atoms with Crippen molar-refractivity contribution in [3.8, 4) is 0 Å². The molecule has 0 aliphatic carbocycles. The quantitative estimate of drug-likeness (QED) is 0.258. The molecule has 4 nitrogen and oxygen atoms in total. The van der Waals surface area contributed by atoms with E-state index in [1.807, 2.05) is 0 Å². The summed E-state index contributed by atoms with van der Waals surface area (Å²) in [5.41, 5.74) is 0. The van der Waals surface area contributed by atoms with Crippen molar-refractivity contribution < 1.29 is 190 Å². The van der Waals surface area contributed by atoms with Gasteiger partial charge in [0, 0.05) is 168 Å². The minimum atomic E-state index is 0. The topological polar surface area (TPSA) is 126 Å². The smallest absolute Gasteiger partial charge is 0 e. The molecule has 0 atom stereocenters. The Morgan fingerprint density at radius 1 is 0.143 bits per heavy atom. The average Bonchev–Trinajstić information content (AvgIpc) is 0. The van der Waals surface area contributed by atoms with E-state index in [-0.39, 0.29) is 190 Å². The van der Waals surface area contributed by atoms with E-state index in [1.54, 1.807) is 0 Å². The van der Waals surface area contributed by atoms with E-state index in [1.165, 1.54) is 0 Å². The third-order valence-corrected chi connectivity index (χ3v) is 0. The van der Waals surface area contributed by atoms with Gasteiger partial charge < -0.3 is 21.9 Å². The first-order valence-electron chi connectivity index (χ1n) is 0. The van der Waals surface area contributed by atoms with Crippen molar-refractivity contribution in [2.45, 2.75) is 0 Å². The van der Waals surface area contributed by atoms with Gasteiger partial charge in [-0.1, -0.05) is 0 Å². The van der Waals surface area contributed by atoms with Crippen LogP contribution in [0, 0.1) is 0 Å². The molecule has 0 spiro atoms. The van der Waals surface area contributed by atoms with Gasteiger partial charge in [0.05, 0.1) is 0 Å². The second kappa shape index (κ2) is 213. The SMILES string of the molecule is O.O.O.O.[Co].[Co].[Co].[Co].[Co].[Co].[Co].[Co].[Co].[Co]. The summed E-state index contributed by atoms with van der Waals surface area (Å²) in [7, 11) is 0. The molecule has 0 aromatic rings. The van der Waals surface area contributed by atoms with Crippen LogP contribution in [0.25, 0.3) is 0 Å². The standard InChI is InChI=1S/10Co.4H2O/h;;;;;;;;;;4*1H2. The first-order valence-corrected chi connectivity index (χ1v) is 0. The molecule has 0 unspecified atom stereocenters. The van der Waals surface area contributed by atoms with Gasteiger partial charge in [0.2, 0.25) is 0 Å². The minimum Gasteiger partial charge on any atom is -0.412 e. The molecule has 10 radical (unpaired) electrons. The Morgan fingerprint density at radius 2 is 0.143 bits per heavy atom. The molecular weight excluding hydrogens is 653 g/mol. The molecule has 0 aromatic heterocycles. The Morgan fingerprint density at radius 3 is 0.143 bits per heavy atom. The summed E-state index contributed by atoms with van der Waals surface area (Å²) < 4.78 is 0. The normalized spacial score (nSPS) is 0. The van der Waals surface area contributed by atoms with Crippen LogP contribution in [0.2, 0.25) is 0 Å². The molecule has 0 aromatic carbocycles. The molecule has 14 heavy (non-hydrogen) atoms. The zero-order chi connectivity index (χ0) is 0. The van der Waals surface area contributed by atoms with Crippen LogP contribution in [0.4, 0.5) is 0 Å². The third-order valence-electron chi connectivity index (χ3n) is 0. The van der Waals surface area contributed by atoms with Gasteiger partial charge in [-0.25, -0.2) is 0 Å². The Balaban J connectivity index is 0. The molecule has 0 aliphatic heterocycles. The van der Waals surface area contributed by atoms with Crippen molar-refractivity contribution in [2.75, 3.05) is 0 Å². The summed E-state index contributed by atoms with van der Waals surface area (Å²) in [6, 6.07) is 0. The van der Waals surface area contributed by atoms with Crippen LogP contribution in [-0.4, -0.2) is 21.9 Å². The maximum atomic E-state index is 0. The monoisotopic (exact) mass is 661 g/mol. The van der Waals surface area contributed by atoms with Gasteiger partial charge in [0.15, 0.2) is 0 Å². The van der Waals surface area contributed by atoms with E-state index in [0.29, 0.717) is 0 Å². The Kier molecular flexibility index (Phi) is 3830. The van der Waals surface area contributed by atoms with Crippen LogP contribution < -0.4 is 0 Å². The number of rotatable bonds is 0. The largest absolute Gasteiger partial charge is 0.412 e. The first-order chi connectivity index (χ1) is 0. The zero-order valence-corrected chi connectivity index (χ0v) is 15.7. The first kappa shape index (κ1) is 252. The Hall–Kier alpha value is 4.90. The van der Waals surface area contributed by atoms with Crippen LogP contribution in [0.1, 0.15) is 0 Å². The molecule has 0 heterocycles. The van der Waals surface area contributed by atoms with Gasteiger partial charge in [-0.05, 0) is 0 Å². The minimum absolute atomic E-state index is 0. The van der Waals surface area contributed by atoms with Crippen molar-refractivity contribution in [1.29, 1.82) is 0 Å². The maximum Gasteiger partial charge on any atom is 0 e. The second-order valence-corrected chi connectivity index (χ2v) is 0. The fourth-order valence-corrected chi connectivity index (χ4v) is 0. The van der Waals surface area contributed by atoms with Gasteiger partial charge in [0.1, 0.15) is 0 Å². The second-order valence-electron chi connectivity index (χ2n) is 0. The molecule has 14 heteroatoms. The number of hydrogen-bond donors (Lipinski definition) is 0. The molecule has 0 bridgehead atoms. The van der Waals surface area contributed by atoms with E-state index in [9.17, 15) is 0 Å². The summed E-state index contributed by atoms with van der Waals surface area (Å²) in [5.74, 6) is 0. The number of hydrogen-bond acceptors (Lipinski definition) is 0. The predicted octanol–water partition coefficient (Wildman–Crippen LogP) is -3.32. The summed E-state index contributed by atoms with van der Waals surface area (Å²) in [5, 5.41) is 0. The van der Waals surface area contributed by atoms with E-state index < -0.39 is 0 Å². The van der Waals surface area contributed by atoms with Gasteiger partial charge >= 0.3 is 0 Å². The molecule has 0 aliphatic rings. The van der Waals surface area contributed by atoms with Crippen molar-refractivity contribution in [2.24, 2.45) is 0 Å². The van der Waals surface area contributed by atoms with Crippen molar-refractivity contribution in [3.05, 3.63) is 0 Å². The third kappa shape index (κ3) is 178. The van der Waals surface area contributed by atoms with E-state index >= 15 is 0 Å².